The number of methoxy groups -OCH3 is 1. The largest absolute Gasteiger partial charge is 0.380 e. The van der Waals surface area contributed by atoms with E-state index in [1.54, 1.807) is 7.11 Å². The molecule has 0 heterocycles. The molecule has 2 nitrogen and oxygen atoms in total. The third kappa shape index (κ3) is 3.63. The number of halogens is 2. The van der Waals surface area contributed by atoms with Crippen molar-refractivity contribution in [3.05, 3.63) is 63.6 Å². The van der Waals surface area contributed by atoms with E-state index in [0.717, 1.165) is 11.3 Å². The molecule has 0 radical (unpaired) electrons. The standard InChI is InChI=1S/C15H15Cl2NO/c1-19-10-12-6-3-2-5-11(12)9-18-15-13(16)7-4-8-14(15)17/h2-8,18H,9-10H2,1H3. The fourth-order valence-electron chi connectivity index (χ4n) is 1.88. The van der Waals surface area contributed by atoms with E-state index in [2.05, 4.69) is 17.4 Å². The molecule has 19 heavy (non-hydrogen) atoms. The summed E-state index contributed by atoms with van der Waals surface area (Å²) in [5.74, 6) is 0. The first-order chi connectivity index (χ1) is 9.22. The van der Waals surface area contributed by atoms with Crippen molar-refractivity contribution in [2.45, 2.75) is 13.2 Å². The van der Waals surface area contributed by atoms with Gasteiger partial charge < -0.3 is 10.1 Å². The van der Waals surface area contributed by atoms with Crippen LogP contribution in [0.4, 0.5) is 5.69 Å². The van der Waals surface area contributed by atoms with Crippen LogP contribution in [0.5, 0.6) is 0 Å². The Kier molecular flexibility index (Phi) is 5.08. The highest BCUT2D eigenvalue weighted by molar-refractivity contribution is 6.39. The molecule has 0 aromatic heterocycles. The number of anilines is 1. The smallest absolute Gasteiger partial charge is 0.0721 e. The fourth-order valence-corrected chi connectivity index (χ4v) is 2.41. The van der Waals surface area contributed by atoms with Crippen molar-refractivity contribution < 1.29 is 4.74 Å². The maximum atomic E-state index is 6.13. The summed E-state index contributed by atoms with van der Waals surface area (Å²) >= 11 is 12.3. The lowest BCUT2D eigenvalue weighted by molar-refractivity contribution is 0.184. The van der Waals surface area contributed by atoms with E-state index >= 15 is 0 Å². The summed E-state index contributed by atoms with van der Waals surface area (Å²) in [5.41, 5.74) is 3.08. The summed E-state index contributed by atoms with van der Waals surface area (Å²) in [6.07, 6.45) is 0. The first kappa shape index (κ1) is 14.2. The van der Waals surface area contributed by atoms with Crippen LogP contribution in [0.3, 0.4) is 0 Å². The van der Waals surface area contributed by atoms with Crippen molar-refractivity contribution in [1.29, 1.82) is 0 Å². The third-order valence-electron chi connectivity index (χ3n) is 2.84. The van der Waals surface area contributed by atoms with Gasteiger partial charge in [0.1, 0.15) is 0 Å². The quantitative estimate of drug-likeness (QED) is 0.859. The summed E-state index contributed by atoms with van der Waals surface area (Å²) in [5, 5.41) is 4.52. The molecule has 0 bridgehead atoms. The van der Waals surface area contributed by atoms with Gasteiger partial charge >= 0.3 is 0 Å². The number of hydrogen-bond donors (Lipinski definition) is 1. The molecule has 0 aliphatic rings. The molecule has 1 N–H and O–H groups in total. The number of benzene rings is 2. The second-order valence-corrected chi connectivity index (χ2v) is 4.97. The molecule has 2 rings (SSSR count). The number of para-hydroxylation sites is 1. The number of nitrogens with one attached hydrogen (secondary N) is 1. The zero-order valence-electron chi connectivity index (χ0n) is 10.6. The molecule has 100 valence electrons. The Balaban J connectivity index is 2.15. The minimum atomic E-state index is 0.591. The number of hydrogen-bond acceptors (Lipinski definition) is 2. The molecule has 0 aliphatic carbocycles. The lowest BCUT2D eigenvalue weighted by Crippen LogP contribution is -2.04. The number of ether oxygens (including phenoxy) is 1. The van der Waals surface area contributed by atoms with Crippen LogP contribution in [0.1, 0.15) is 11.1 Å². The zero-order chi connectivity index (χ0) is 13.7. The first-order valence-electron chi connectivity index (χ1n) is 5.96. The first-order valence-corrected chi connectivity index (χ1v) is 6.71. The van der Waals surface area contributed by atoms with Gasteiger partial charge in [-0.1, -0.05) is 53.5 Å². The van der Waals surface area contributed by atoms with Crippen molar-refractivity contribution in [2.24, 2.45) is 0 Å². The van der Waals surface area contributed by atoms with Crippen LogP contribution in [0.2, 0.25) is 10.0 Å². The molecule has 0 atom stereocenters. The minimum absolute atomic E-state index is 0.591. The highest BCUT2D eigenvalue weighted by Gasteiger charge is 2.06. The Labute approximate surface area is 123 Å². The highest BCUT2D eigenvalue weighted by Crippen LogP contribution is 2.30. The monoisotopic (exact) mass is 295 g/mol. The van der Waals surface area contributed by atoms with E-state index in [4.69, 9.17) is 27.9 Å². The molecule has 2 aromatic rings. The summed E-state index contributed by atoms with van der Waals surface area (Å²) < 4.78 is 5.19. The number of rotatable bonds is 5. The Morgan fingerprint density at radius 3 is 2.21 bits per heavy atom. The van der Waals surface area contributed by atoms with E-state index in [1.165, 1.54) is 5.56 Å². The van der Waals surface area contributed by atoms with Crippen LogP contribution in [-0.2, 0) is 17.9 Å². The molecular weight excluding hydrogens is 281 g/mol. The average molecular weight is 296 g/mol. The Bertz CT molecular complexity index is 537. The van der Waals surface area contributed by atoms with Crippen molar-refractivity contribution in [1.82, 2.24) is 0 Å². The van der Waals surface area contributed by atoms with Crippen LogP contribution in [-0.4, -0.2) is 7.11 Å². The van der Waals surface area contributed by atoms with Crippen molar-refractivity contribution in [3.63, 3.8) is 0 Å². The Morgan fingerprint density at radius 2 is 1.58 bits per heavy atom. The fraction of sp³-hybridized carbons (Fsp3) is 0.200. The Morgan fingerprint density at radius 1 is 0.947 bits per heavy atom. The van der Waals surface area contributed by atoms with Gasteiger partial charge in [0, 0.05) is 13.7 Å². The summed E-state index contributed by atoms with van der Waals surface area (Å²) in [4.78, 5) is 0. The van der Waals surface area contributed by atoms with Gasteiger partial charge in [-0.15, -0.1) is 0 Å². The van der Waals surface area contributed by atoms with Crippen LogP contribution >= 0.6 is 23.2 Å². The van der Waals surface area contributed by atoms with Crippen molar-refractivity contribution >= 4 is 28.9 Å². The molecule has 0 spiro atoms. The molecule has 0 saturated carbocycles. The van der Waals surface area contributed by atoms with E-state index in [0.29, 0.717) is 23.2 Å². The van der Waals surface area contributed by atoms with E-state index < -0.39 is 0 Å². The van der Waals surface area contributed by atoms with Gasteiger partial charge in [0.15, 0.2) is 0 Å². The predicted octanol–water partition coefficient (Wildman–Crippen LogP) is 4.75. The SMILES string of the molecule is COCc1ccccc1CNc1c(Cl)cccc1Cl. The molecule has 4 heteroatoms. The van der Waals surface area contributed by atoms with E-state index in [-0.39, 0.29) is 0 Å². The lowest BCUT2D eigenvalue weighted by Gasteiger charge is -2.13. The molecule has 0 unspecified atom stereocenters. The molecule has 0 saturated heterocycles. The summed E-state index contributed by atoms with van der Waals surface area (Å²) in [6, 6.07) is 13.6. The second kappa shape index (κ2) is 6.80. The third-order valence-corrected chi connectivity index (χ3v) is 3.47. The van der Waals surface area contributed by atoms with Gasteiger partial charge in [0.25, 0.3) is 0 Å². The normalized spacial score (nSPS) is 10.5. The van der Waals surface area contributed by atoms with Crippen LogP contribution in [0.25, 0.3) is 0 Å². The highest BCUT2D eigenvalue weighted by atomic mass is 35.5. The second-order valence-electron chi connectivity index (χ2n) is 4.15. The minimum Gasteiger partial charge on any atom is -0.380 e. The Hall–Kier alpha value is -1.22. The molecule has 0 aliphatic heterocycles. The molecular formula is C15H15Cl2NO. The van der Waals surface area contributed by atoms with Gasteiger partial charge in [0.2, 0.25) is 0 Å². The van der Waals surface area contributed by atoms with E-state index in [9.17, 15) is 0 Å². The molecule has 2 aromatic carbocycles. The summed E-state index contributed by atoms with van der Waals surface area (Å²) in [7, 11) is 1.69. The van der Waals surface area contributed by atoms with E-state index in [1.807, 2.05) is 30.3 Å². The maximum Gasteiger partial charge on any atom is 0.0721 e. The topological polar surface area (TPSA) is 21.3 Å². The van der Waals surface area contributed by atoms with Gasteiger partial charge in [0.05, 0.1) is 22.3 Å². The van der Waals surface area contributed by atoms with Crippen LogP contribution < -0.4 is 5.32 Å². The summed E-state index contributed by atoms with van der Waals surface area (Å²) in [6.45, 7) is 1.25. The predicted molar refractivity (Wildman–Crippen MR) is 80.9 cm³/mol. The van der Waals surface area contributed by atoms with Crippen molar-refractivity contribution in [2.75, 3.05) is 12.4 Å². The van der Waals surface area contributed by atoms with Crippen LogP contribution in [0, 0.1) is 0 Å². The van der Waals surface area contributed by atoms with Gasteiger partial charge in [-0.3, -0.25) is 0 Å². The zero-order valence-corrected chi connectivity index (χ0v) is 12.1. The van der Waals surface area contributed by atoms with Gasteiger partial charge in [-0.2, -0.15) is 0 Å². The van der Waals surface area contributed by atoms with Gasteiger partial charge in [-0.05, 0) is 23.3 Å². The average Bonchev–Trinajstić information content (AvgIpc) is 2.40. The van der Waals surface area contributed by atoms with Crippen LogP contribution in [0.15, 0.2) is 42.5 Å². The molecule has 0 amide bonds. The van der Waals surface area contributed by atoms with Gasteiger partial charge in [-0.25, -0.2) is 0 Å². The van der Waals surface area contributed by atoms with Crippen molar-refractivity contribution in [3.8, 4) is 0 Å². The lowest BCUT2D eigenvalue weighted by atomic mass is 10.1. The molecule has 0 fully saturated rings. The maximum absolute atomic E-state index is 6.13.